The van der Waals surface area contributed by atoms with Crippen molar-refractivity contribution in [3.63, 3.8) is 0 Å². The minimum Gasteiger partial charge on any atom is -0.481 e. The van der Waals surface area contributed by atoms with Crippen molar-refractivity contribution < 1.29 is 14.3 Å². The van der Waals surface area contributed by atoms with E-state index in [1.54, 1.807) is 0 Å². The van der Waals surface area contributed by atoms with Crippen molar-refractivity contribution in [3.8, 4) is 0 Å². The summed E-state index contributed by atoms with van der Waals surface area (Å²) >= 11 is 0. The molecular weight excluding hydrogens is 206 g/mol. The van der Waals surface area contributed by atoms with Crippen LogP contribution in [0, 0.1) is 18.8 Å². The fourth-order valence-electron chi connectivity index (χ4n) is 2.05. The predicted molar refractivity (Wildman–Crippen MR) is 59.0 cm³/mol. The average molecular weight is 223 g/mol. The summed E-state index contributed by atoms with van der Waals surface area (Å²) < 4.78 is 5.47. The van der Waals surface area contributed by atoms with Crippen molar-refractivity contribution in [2.45, 2.75) is 19.9 Å². The molecular formula is C12H17NO3. The highest BCUT2D eigenvalue weighted by Crippen LogP contribution is 2.39. The maximum Gasteiger partial charge on any atom is 0.306 e. The Labute approximate surface area is 94.9 Å². The summed E-state index contributed by atoms with van der Waals surface area (Å²) in [6.45, 7) is 3.50. The molecule has 0 saturated heterocycles. The Hall–Kier alpha value is -1.29. The molecule has 0 spiro atoms. The van der Waals surface area contributed by atoms with Gasteiger partial charge in [-0.2, -0.15) is 0 Å². The van der Waals surface area contributed by atoms with Gasteiger partial charge in [-0.25, -0.2) is 0 Å². The molecule has 1 aliphatic rings. The molecule has 4 nitrogen and oxygen atoms in total. The van der Waals surface area contributed by atoms with E-state index < -0.39 is 5.97 Å². The Bertz CT molecular complexity index is 385. The number of carboxylic acids is 1. The summed E-state index contributed by atoms with van der Waals surface area (Å²) in [5, 5.41) is 8.79. The molecule has 1 aliphatic carbocycles. The monoisotopic (exact) mass is 223 g/mol. The molecule has 1 aromatic heterocycles. The lowest BCUT2D eigenvalue weighted by atomic mass is 10.3. The first-order chi connectivity index (χ1) is 7.56. The highest BCUT2D eigenvalue weighted by atomic mass is 16.4. The van der Waals surface area contributed by atoms with Crippen molar-refractivity contribution in [2.75, 3.05) is 13.6 Å². The van der Waals surface area contributed by atoms with Gasteiger partial charge in [-0.3, -0.25) is 9.69 Å². The van der Waals surface area contributed by atoms with Crippen molar-refractivity contribution >= 4 is 5.97 Å². The van der Waals surface area contributed by atoms with Gasteiger partial charge in [0.25, 0.3) is 0 Å². The molecule has 0 amide bonds. The minimum absolute atomic E-state index is 0.124. The van der Waals surface area contributed by atoms with Crippen LogP contribution in [-0.4, -0.2) is 29.6 Å². The van der Waals surface area contributed by atoms with Crippen LogP contribution in [0.3, 0.4) is 0 Å². The molecule has 1 saturated carbocycles. The van der Waals surface area contributed by atoms with Gasteiger partial charge in [0.05, 0.1) is 12.5 Å². The standard InChI is InChI=1S/C12H17NO3/c1-8-3-4-10(16-8)7-13(2)6-9-5-11(9)12(14)15/h3-4,9,11H,5-7H2,1-2H3,(H,14,15). The number of hydrogen-bond acceptors (Lipinski definition) is 3. The number of rotatable bonds is 5. The van der Waals surface area contributed by atoms with Crippen LogP contribution in [0.2, 0.25) is 0 Å². The summed E-state index contributed by atoms with van der Waals surface area (Å²) in [5.41, 5.74) is 0. The summed E-state index contributed by atoms with van der Waals surface area (Å²) in [6, 6.07) is 3.91. The maximum absolute atomic E-state index is 10.7. The normalized spacial score (nSPS) is 23.7. The molecule has 0 bridgehead atoms. The molecule has 0 radical (unpaired) electrons. The van der Waals surface area contributed by atoms with E-state index in [-0.39, 0.29) is 5.92 Å². The van der Waals surface area contributed by atoms with Crippen LogP contribution < -0.4 is 0 Å². The highest BCUT2D eigenvalue weighted by Gasteiger charge is 2.43. The van der Waals surface area contributed by atoms with Crippen LogP contribution in [0.4, 0.5) is 0 Å². The van der Waals surface area contributed by atoms with Gasteiger partial charge in [-0.1, -0.05) is 0 Å². The predicted octanol–water partition coefficient (Wildman–Crippen LogP) is 1.74. The van der Waals surface area contributed by atoms with Crippen molar-refractivity contribution in [1.82, 2.24) is 4.90 Å². The molecule has 2 rings (SSSR count). The Kier molecular flexibility index (Phi) is 3.01. The molecule has 2 atom stereocenters. The van der Waals surface area contributed by atoms with E-state index in [1.165, 1.54) is 0 Å². The summed E-state index contributed by atoms with van der Waals surface area (Å²) in [7, 11) is 2.00. The number of carboxylic acid groups (broad SMARTS) is 1. The number of aliphatic carboxylic acids is 1. The van der Waals surface area contributed by atoms with Crippen LogP contribution in [0.5, 0.6) is 0 Å². The van der Waals surface area contributed by atoms with Crippen LogP contribution in [-0.2, 0) is 11.3 Å². The number of hydrogen-bond donors (Lipinski definition) is 1. The topological polar surface area (TPSA) is 53.7 Å². The van der Waals surface area contributed by atoms with Gasteiger partial charge < -0.3 is 9.52 Å². The van der Waals surface area contributed by atoms with Gasteiger partial charge in [-0.15, -0.1) is 0 Å². The lowest BCUT2D eigenvalue weighted by molar-refractivity contribution is -0.138. The van der Waals surface area contributed by atoms with Crippen LogP contribution in [0.15, 0.2) is 16.5 Å². The fourth-order valence-corrected chi connectivity index (χ4v) is 2.05. The largest absolute Gasteiger partial charge is 0.481 e. The fraction of sp³-hybridized carbons (Fsp3) is 0.583. The molecule has 88 valence electrons. The van der Waals surface area contributed by atoms with E-state index in [0.717, 1.165) is 31.0 Å². The Balaban J connectivity index is 1.77. The zero-order valence-electron chi connectivity index (χ0n) is 9.64. The van der Waals surface area contributed by atoms with Gasteiger partial charge in [0, 0.05) is 6.54 Å². The van der Waals surface area contributed by atoms with Crippen molar-refractivity contribution in [3.05, 3.63) is 23.7 Å². The molecule has 0 aromatic carbocycles. The van der Waals surface area contributed by atoms with Gasteiger partial charge in [0.1, 0.15) is 11.5 Å². The first-order valence-electron chi connectivity index (χ1n) is 5.53. The number of furan rings is 1. The number of carbonyl (C=O) groups is 1. The second-order valence-corrected chi connectivity index (χ2v) is 4.65. The van der Waals surface area contributed by atoms with Gasteiger partial charge in [-0.05, 0) is 38.4 Å². The van der Waals surface area contributed by atoms with Crippen molar-refractivity contribution in [2.24, 2.45) is 11.8 Å². The van der Waals surface area contributed by atoms with Gasteiger partial charge in [0.15, 0.2) is 0 Å². The van der Waals surface area contributed by atoms with Crippen molar-refractivity contribution in [1.29, 1.82) is 0 Å². The molecule has 16 heavy (non-hydrogen) atoms. The minimum atomic E-state index is -0.660. The third-order valence-corrected chi connectivity index (χ3v) is 3.01. The molecule has 1 heterocycles. The molecule has 0 aliphatic heterocycles. The third-order valence-electron chi connectivity index (χ3n) is 3.01. The molecule has 2 unspecified atom stereocenters. The smallest absolute Gasteiger partial charge is 0.306 e. The average Bonchev–Trinajstić information content (AvgIpc) is 2.83. The van der Waals surface area contributed by atoms with Gasteiger partial charge >= 0.3 is 5.97 Å². The first-order valence-corrected chi connectivity index (χ1v) is 5.53. The van der Waals surface area contributed by atoms with E-state index in [9.17, 15) is 4.79 Å². The quantitative estimate of drug-likeness (QED) is 0.826. The van der Waals surface area contributed by atoms with E-state index in [2.05, 4.69) is 4.90 Å². The van der Waals surface area contributed by atoms with E-state index in [4.69, 9.17) is 9.52 Å². The zero-order valence-corrected chi connectivity index (χ0v) is 9.64. The number of nitrogens with zero attached hydrogens (tertiary/aromatic N) is 1. The van der Waals surface area contributed by atoms with E-state index >= 15 is 0 Å². The Morgan fingerprint density at radius 3 is 2.88 bits per heavy atom. The summed E-state index contributed by atoms with van der Waals surface area (Å²) in [4.78, 5) is 12.8. The second-order valence-electron chi connectivity index (χ2n) is 4.65. The Morgan fingerprint density at radius 2 is 2.38 bits per heavy atom. The van der Waals surface area contributed by atoms with Gasteiger partial charge in [0.2, 0.25) is 0 Å². The molecule has 4 heteroatoms. The zero-order chi connectivity index (χ0) is 11.7. The maximum atomic E-state index is 10.7. The number of aryl methyl sites for hydroxylation is 1. The first kappa shape index (κ1) is 11.2. The lowest BCUT2D eigenvalue weighted by Gasteiger charge is -2.14. The molecule has 1 aromatic rings. The summed E-state index contributed by atoms with van der Waals surface area (Å²) in [5.74, 6) is 1.39. The van der Waals surface area contributed by atoms with Crippen LogP contribution in [0.25, 0.3) is 0 Å². The molecule has 1 fully saturated rings. The summed E-state index contributed by atoms with van der Waals surface area (Å²) in [6.07, 6.45) is 0.816. The highest BCUT2D eigenvalue weighted by molar-refractivity contribution is 5.73. The third kappa shape index (κ3) is 2.64. The molecule has 1 N–H and O–H groups in total. The SMILES string of the molecule is Cc1ccc(CN(C)CC2CC2C(=O)O)o1. The van der Waals surface area contributed by atoms with E-state index in [0.29, 0.717) is 5.92 Å². The van der Waals surface area contributed by atoms with E-state index in [1.807, 2.05) is 26.1 Å². The Morgan fingerprint density at radius 1 is 1.62 bits per heavy atom. The second kappa shape index (κ2) is 4.29. The van der Waals surface area contributed by atoms with Crippen LogP contribution >= 0.6 is 0 Å². The van der Waals surface area contributed by atoms with Crippen LogP contribution in [0.1, 0.15) is 17.9 Å². The lowest BCUT2D eigenvalue weighted by Crippen LogP contribution is -2.21.